The topological polar surface area (TPSA) is 76.5 Å². The molecule has 0 unspecified atom stereocenters. The molecule has 4 rings (SSSR count). The summed E-state index contributed by atoms with van der Waals surface area (Å²) in [5, 5.41) is 6.59. The summed E-state index contributed by atoms with van der Waals surface area (Å²) in [5.74, 6) is -0.564. The average molecular weight is 375 g/mol. The summed E-state index contributed by atoms with van der Waals surface area (Å²) in [6, 6.07) is 14.0. The number of H-pyrrole nitrogens is 1. The molecule has 6 heteroatoms. The van der Waals surface area contributed by atoms with Crippen LogP contribution < -0.4 is 5.56 Å². The van der Waals surface area contributed by atoms with E-state index in [2.05, 4.69) is 10.1 Å². The minimum absolute atomic E-state index is 0.0514. The van der Waals surface area contributed by atoms with E-state index in [-0.39, 0.29) is 23.8 Å². The number of ether oxygens (including phenoxy) is 1. The number of esters is 1. The molecule has 0 fully saturated rings. The highest BCUT2D eigenvalue weighted by atomic mass is 16.5. The molecule has 0 atom stereocenters. The summed E-state index contributed by atoms with van der Waals surface area (Å²) in [6.07, 6.45) is 1.75. The molecule has 0 bridgehead atoms. The molecular formula is C22H21N3O3. The second kappa shape index (κ2) is 6.96. The minimum atomic E-state index is -0.512. The van der Waals surface area contributed by atoms with Gasteiger partial charge in [0.05, 0.1) is 18.5 Å². The van der Waals surface area contributed by atoms with Crippen LogP contribution in [0.15, 0.2) is 53.5 Å². The molecule has 0 saturated heterocycles. The van der Waals surface area contributed by atoms with Crippen LogP contribution in [-0.2, 0) is 4.74 Å². The van der Waals surface area contributed by atoms with Gasteiger partial charge in [0.25, 0.3) is 5.56 Å². The first-order valence-corrected chi connectivity index (χ1v) is 9.31. The number of rotatable bonds is 4. The van der Waals surface area contributed by atoms with Crippen LogP contribution in [0.3, 0.4) is 0 Å². The molecule has 1 N–H and O–H groups in total. The molecule has 0 radical (unpaired) electrons. The van der Waals surface area contributed by atoms with Gasteiger partial charge in [0.15, 0.2) is 5.69 Å². The molecule has 0 aliphatic heterocycles. The zero-order valence-electron chi connectivity index (χ0n) is 16.0. The van der Waals surface area contributed by atoms with Gasteiger partial charge in [-0.15, -0.1) is 0 Å². The summed E-state index contributed by atoms with van der Waals surface area (Å²) in [4.78, 5) is 28.2. The van der Waals surface area contributed by atoms with Gasteiger partial charge < -0.3 is 9.72 Å². The predicted molar refractivity (Wildman–Crippen MR) is 109 cm³/mol. The zero-order chi connectivity index (χ0) is 19.8. The van der Waals surface area contributed by atoms with Crippen molar-refractivity contribution >= 4 is 22.3 Å². The van der Waals surface area contributed by atoms with Crippen molar-refractivity contribution < 1.29 is 9.53 Å². The fourth-order valence-electron chi connectivity index (χ4n) is 3.50. The van der Waals surface area contributed by atoms with E-state index in [0.29, 0.717) is 16.8 Å². The van der Waals surface area contributed by atoms with E-state index in [1.54, 1.807) is 13.1 Å². The quantitative estimate of drug-likeness (QED) is 0.544. The number of carbonyl (C=O) groups excluding carboxylic acids is 1. The fourth-order valence-corrected chi connectivity index (χ4v) is 3.50. The Morgan fingerprint density at radius 2 is 1.93 bits per heavy atom. The molecule has 142 valence electrons. The van der Waals surface area contributed by atoms with E-state index < -0.39 is 5.97 Å². The van der Waals surface area contributed by atoms with Crippen LogP contribution >= 0.6 is 0 Å². The lowest BCUT2D eigenvalue weighted by Crippen LogP contribution is -2.13. The maximum Gasteiger partial charge on any atom is 0.359 e. The van der Waals surface area contributed by atoms with Crippen LogP contribution in [0.4, 0.5) is 0 Å². The molecule has 0 aliphatic carbocycles. The Morgan fingerprint density at radius 1 is 1.18 bits per heavy atom. The lowest BCUT2D eigenvalue weighted by molar-refractivity contribution is 0.0517. The van der Waals surface area contributed by atoms with Crippen LogP contribution in [0.2, 0.25) is 0 Å². The van der Waals surface area contributed by atoms with E-state index in [9.17, 15) is 9.59 Å². The molecule has 2 aromatic carbocycles. The van der Waals surface area contributed by atoms with E-state index in [1.807, 2.05) is 56.3 Å². The summed E-state index contributed by atoms with van der Waals surface area (Å²) in [7, 11) is 0. The van der Waals surface area contributed by atoms with Crippen LogP contribution in [0.25, 0.3) is 27.5 Å². The molecule has 2 aromatic heterocycles. The Kier molecular flexibility index (Phi) is 4.47. The highest BCUT2D eigenvalue weighted by molar-refractivity contribution is 5.92. The van der Waals surface area contributed by atoms with Crippen molar-refractivity contribution in [1.29, 1.82) is 0 Å². The number of carbonyl (C=O) groups is 1. The van der Waals surface area contributed by atoms with Crippen molar-refractivity contribution in [2.24, 2.45) is 0 Å². The average Bonchev–Trinajstić information content (AvgIpc) is 3.08. The Balaban J connectivity index is 1.92. The maximum atomic E-state index is 12.9. The standard InChI is InChI=1S/C22H21N3O3/c1-4-28-22(27)19-18(13(2)3)20-21(26)23-17(12-25(20)24-19)16-10-9-14-7-5-6-8-15(14)11-16/h5-13H,4H2,1-3H3,(H,23,26). The van der Waals surface area contributed by atoms with Crippen LogP contribution in [0.1, 0.15) is 42.7 Å². The first-order chi connectivity index (χ1) is 13.5. The smallest absolute Gasteiger partial charge is 0.359 e. The zero-order valence-corrected chi connectivity index (χ0v) is 16.0. The molecule has 0 amide bonds. The summed E-state index contributed by atoms with van der Waals surface area (Å²) in [6.45, 7) is 5.85. The van der Waals surface area contributed by atoms with Crippen molar-refractivity contribution in [2.75, 3.05) is 6.61 Å². The monoisotopic (exact) mass is 375 g/mol. The van der Waals surface area contributed by atoms with Gasteiger partial charge in [-0.25, -0.2) is 9.31 Å². The normalized spacial score (nSPS) is 11.4. The third kappa shape index (κ3) is 2.97. The van der Waals surface area contributed by atoms with Gasteiger partial charge in [-0.1, -0.05) is 50.2 Å². The number of hydrogen-bond acceptors (Lipinski definition) is 4. The van der Waals surface area contributed by atoms with Crippen molar-refractivity contribution in [3.63, 3.8) is 0 Å². The van der Waals surface area contributed by atoms with E-state index in [1.165, 1.54) is 4.52 Å². The van der Waals surface area contributed by atoms with Crippen LogP contribution in [0.5, 0.6) is 0 Å². The number of nitrogens with zero attached hydrogens (tertiary/aromatic N) is 2. The number of nitrogens with one attached hydrogen (secondary N) is 1. The Bertz CT molecular complexity index is 1250. The second-order valence-corrected chi connectivity index (χ2v) is 6.99. The van der Waals surface area contributed by atoms with Crippen molar-refractivity contribution in [2.45, 2.75) is 26.7 Å². The number of aromatic amines is 1. The SMILES string of the molecule is CCOC(=O)c1nn2cc(-c3ccc4ccccc4c3)[nH]c(=O)c2c1C(C)C. The van der Waals surface area contributed by atoms with Gasteiger partial charge in [0.2, 0.25) is 0 Å². The number of aromatic nitrogens is 3. The molecule has 28 heavy (non-hydrogen) atoms. The Labute approximate surface area is 161 Å². The van der Waals surface area contributed by atoms with Gasteiger partial charge in [0, 0.05) is 11.1 Å². The third-order valence-electron chi connectivity index (χ3n) is 4.77. The lowest BCUT2D eigenvalue weighted by Gasteiger charge is -2.07. The molecule has 2 heterocycles. The number of benzene rings is 2. The molecule has 0 spiro atoms. The van der Waals surface area contributed by atoms with Crippen molar-refractivity contribution in [1.82, 2.24) is 14.6 Å². The molecule has 0 aliphatic rings. The van der Waals surface area contributed by atoms with Crippen LogP contribution in [0, 0.1) is 0 Å². The summed E-state index contributed by atoms with van der Waals surface area (Å²) >= 11 is 0. The largest absolute Gasteiger partial charge is 0.461 e. The summed E-state index contributed by atoms with van der Waals surface area (Å²) < 4.78 is 6.62. The minimum Gasteiger partial charge on any atom is -0.461 e. The van der Waals surface area contributed by atoms with E-state index in [4.69, 9.17) is 4.74 Å². The van der Waals surface area contributed by atoms with Crippen molar-refractivity contribution in [3.05, 3.63) is 70.3 Å². The Hall–Kier alpha value is -3.41. The molecule has 4 aromatic rings. The highest BCUT2D eigenvalue weighted by Crippen LogP contribution is 2.26. The highest BCUT2D eigenvalue weighted by Gasteiger charge is 2.25. The van der Waals surface area contributed by atoms with E-state index >= 15 is 0 Å². The molecule has 0 saturated carbocycles. The summed E-state index contributed by atoms with van der Waals surface area (Å²) in [5.41, 5.74) is 2.40. The second-order valence-electron chi connectivity index (χ2n) is 6.99. The van der Waals surface area contributed by atoms with Gasteiger partial charge in [0.1, 0.15) is 5.52 Å². The van der Waals surface area contributed by atoms with Gasteiger partial charge >= 0.3 is 5.97 Å². The number of fused-ring (bicyclic) bond motifs is 2. The Morgan fingerprint density at radius 3 is 2.64 bits per heavy atom. The van der Waals surface area contributed by atoms with Crippen LogP contribution in [-0.4, -0.2) is 27.2 Å². The van der Waals surface area contributed by atoms with Gasteiger partial charge in [-0.3, -0.25) is 4.79 Å². The number of hydrogen-bond donors (Lipinski definition) is 1. The lowest BCUT2D eigenvalue weighted by atomic mass is 10.0. The predicted octanol–water partition coefficient (Wildman–Crippen LogP) is 4.14. The maximum absolute atomic E-state index is 12.9. The first-order valence-electron chi connectivity index (χ1n) is 9.31. The fraction of sp³-hybridized carbons (Fsp3) is 0.227. The first kappa shape index (κ1) is 18.0. The van der Waals surface area contributed by atoms with Gasteiger partial charge in [-0.2, -0.15) is 5.10 Å². The third-order valence-corrected chi connectivity index (χ3v) is 4.77. The molecular weight excluding hydrogens is 354 g/mol. The van der Waals surface area contributed by atoms with E-state index in [0.717, 1.165) is 16.3 Å². The van der Waals surface area contributed by atoms with Crippen molar-refractivity contribution in [3.8, 4) is 11.3 Å². The molecule has 6 nitrogen and oxygen atoms in total. The van der Waals surface area contributed by atoms with Gasteiger partial charge in [-0.05, 0) is 29.7 Å².